The van der Waals surface area contributed by atoms with Gasteiger partial charge in [-0.1, -0.05) is 66.4 Å². The van der Waals surface area contributed by atoms with Gasteiger partial charge in [-0.3, -0.25) is 13.9 Å². The lowest BCUT2D eigenvalue weighted by Gasteiger charge is -2.32. The minimum atomic E-state index is -3.85. The molecular formula is C24H29Cl2N3O4S. The van der Waals surface area contributed by atoms with Crippen molar-refractivity contribution in [3.63, 3.8) is 0 Å². The van der Waals surface area contributed by atoms with E-state index in [9.17, 15) is 18.0 Å². The fourth-order valence-corrected chi connectivity index (χ4v) is 5.40. The number of anilines is 1. The predicted molar refractivity (Wildman–Crippen MR) is 136 cm³/mol. The van der Waals surface area contributed by atoms with Crippen molar-refractivity contribution >= 4 is 50.7 Å². The highest BCUT2D eigenvalue weighted by Crippen LogP contribution is 2.27. The van der Waals surface area contributed by atoms with Gasteiger partial charge >= 0.3 is 0 Å². The Morgan fingerprint density at radius 1 is 1.06 bits per heavy atom. The van der Waals surface area contributed by atoms with Crippen molar-refractivity contribution in [2.45, 2.75) is 51.2 Å². The lowest BCUT2D eigenvalue weighted by molar-refractivity contribution is -0.139. The Bertz CT molecular complexity index is 1100. The van der Waals surface area contributed by atoms with Gasteiger partial charge in [-0.25, -0.2) is 8.42 Å². The molecule has 34 heavy (non-hydrogen) atoms. The van der Waals surface area contributed by atoms with Gasteiger partial charge in [0.2, 0.25) is 21.8 Å². The molecule has 1 aliphatic rings. The Kier molecular flexibility index (Phi) is 8.84. The standard InChI is InChI=1S/C24H29Cl2N3O4S/c1-17(24(31)27-21-10-6-7-11-21)28(15-18-8-4-3-5-9-18)23(30)16-29(34(2,32)33)22-13-19(25)12-20(26)14-22/h3-5,8-9,12-14,17,21H,6-7,10-11,15-16H2,1-2H3,(H,27,31)/t17-/m1/s1. The monoisotopic (exact) mass is 525 g/mol. The van der Waals surface area contributed by atoms with E-state index in [1.165, 1.54) is 23.1 Å². The van der Waals surface area contributed by atoms with Crippen LogP contribution in [-0.4, -0.2) is 50.0 Å². The normalized spacial score (nSPS) is 15.1. The van der Waals surface area contributed by atoms with E-state index < -0.39 is 28.5 Å². The quantitative estimate of drug-likeness (QED) is 0.530. The lowest BCUT2D eigenvalue weighted by Crippen LogP contribution is -2.52. The topological polar surface area (TPSA) is 86.8 Å². The summed E-state index contributed by atoms with van der Waals surface area (Å²) < 4.78 is 26.1. The molecule has 184 valence electrons. The summed E-state index contributed by atoms with van der Waals surface area (Å²) in [7, 11) is -3.85. The number of hydrogen-bond acceptors (Lipinski definition) is 4. The van der Waals surface area contributed by atoms with E-state index in [1.807, 2.05) is 30.3 Å². The molecule has 0 bridgehead atoms. The highest BCUT2D eigenvalue weighted by Gasteiger charge is 2.31. The summed E-state index contributed by atoms with van der Waals surface area (Å²) in [5, 5.41) is 3.52. The molecule has 2 amide bonds. The molecule has 0 aliphatic heterocycles. The summed E-state index contributed by atoms with van der Waals surface area (Å²) in [6, 6.07) is 12.9. The fourth-order valence-electron chi connectivity index (χ4n) is 4.05. The molecule has 2 aromatic carbocycles. The SMILES string of the molecule is C[C@H](C(=O)NC1CCCC1)N(Cc1ccccc1)C(=O)CN(c1cc(Cl)cc(Cl)c1)S(C)(=O)=O. The smallest absolute Gasteiger partial charge is 0.244 e. The van der Waals surface area contributed by atoms with Crippen molar-refractivity contribution in [1.29, 1.82) is 0 Å². The number of carbonyl (C=O) groups excluding carboxylic acids is 2. The number of hydrogen-bond donors (Lipinski definition) is 1. The Morgan fingerprint density at radius 3 is 2.21 bits per heavy atom. The lowest BCUT2D eigenvalue weighted by atomic mass is 10.1. The molecule has 1 atom stereocenters. The van der Waals surface area contributed by atoms with Gasteiger partial charge in [-0.15, -0.1) is 0 Å². The molecule has 1 aliphatic carbocycles. The van der Waals surface area contributed by atoms with Crippen LogP contribution in [0.25, 0.3) is 0 Å². The first-order valence-electron chi connectivity index (χ1n) is 11.1. The average molecular weight is 526 g/mol. The minimum absolute atomic E-state index is 0.102. The molecule has 0 radical (unpaired) electrons. The van der Waals surface area contributed by atoms with Crippen LogP contribution in [0.5, 0.6) is 0 Å². The van der Waals surface area contributed by atoms with Gasteiger partial charge in [0.25, 0.3) is 0 Å². The third kappa shape index (κ3) is 7.10. The van der Waals surface area contributed by atoms with Crippen LogP contribution in [0.3, 0.4) is 0 Å². The highest BCUT2D eigenvalue weighted by molar-refractivity contribution is 7.92. The summed E-state index contributed by atoms with van der Waals surface area (Å²) in [5.74, 6) is -0.771. The number of benzene rings is 2. The van der Waals surface area contributed by atoms with Gasteiger partial charge in [-0.05, 0) is 43.5 Å². The average Bonchev–Trinajstić information content (AvgIpc) is 3.27. The molecule has 10 heteroatoms. The van der Waals surface area contributed by atoms with Gasteiger partial charge in [-0.2, -0.15) is 0 Å². The minimum Gasteiger partial charge on any atom is -0.352 e. The molecule has 0 spiro atoms. The molecule has 3 rings (SSSR count). The highest BCUT2D eigenvalue weighted by atomic mass is 35.5. The summed E-state index contributed by atoms with van der Waals surface area (Å²) >= 11 is 12.1. The zero-order chi connectivity index (χ0) is 24.9. The maximum Gasteiger partial charge on any atom is 0.244 e. The van der Waals surface area contributed by atoms with Crippen molar-refractivity contribution in [1.82, 2.24) is 10.2 Å². The molecular weight excluding hydrogens is 497 g/mol. The first-order valence-corrected chi connectivity index (χ1v) is 13.7. The number of nitrogens with zero attached hydrogens (tertiary/aromatic N) is 2. The molecule has 0 unspecified atom stereocenters. The van der Waals surface area contributed by atoms with E-state index in [1.54, 1.807) is 6.92 Å². The maximum absolute atomic E-state index is 13.5. The molecule has 2 aromatic rings. The molecule has 1 fully saturated rings. The van der Waals surface area contributed by atoms with Crippen LogP contribution in [0.15, 0.2) is 48.5 Å². The van der Waals surface area contributed by atoms with Crippen molar-refractivity contribution < 1.29 is 18.0 Å². The molecule has 1 N–H and O–H groups in total. The van der Waals surface area contributed by atoms with Crippen molar-refractivity contribution in [2.75, 3.05) is 17.1 Å². The van der Waals surface area contributed by atoms with Crippen molar-refractivity contribution in [3.05, 3.63) is 64.1 Å². The second-order valence-corrected chi connectivity index (χ2v) is 11.4. The summed E-state index contributed by atoms with van der Waals surface area (Å²) in [5.41, 5.74) is 1.00. The summed E-state index contributed by atoms with van der Waals surface area (Å²) in [6.07, 6.45) is 4.98. The van der Waals surface area contributed by atoms with Gasteiger partial charge in [0.05, 0.1) is 11.9 Å². The third-order valence-electron chi connectivity index (χ3n) is 5.88. The molecule has 7 nitrogen and oxygen atoms in total. The number of halogens is 2. The molecule has 0 aromatic heterocycles. The molecule has 0 saturated heterocycles. The van der Waals surface area contributed by atoms with Crippen LogP contribution in [0.2, 0.25) is 10.0 Å². The van der Waals surface area contributed by atoms with Crippen LogP contribution in [-0.2, 0) is 26.2 Å². The van der Waals surface area contributed by atoms with Crippen molar-refractivity contribution in [3.8, 4) is 0 Å². The van der Waals surface area contributed by atoms with E-state index in [2.05, 4.69) is 5.32 Å². The van der Waals surface area contributed by atoms with Gasteiger partial charge in [0.1, 0.15) is 12.6 Å². The third-order valence-corrected chi connectivity index (χ3v) is 7.46. The molecule has 0 heterocycles. The van der Waals surface area contributed by atoms with Gasteiger partial charge < -0.3 is 10.2 Å². The van der Waals surface area contributed by atoms with Crippen LogP contribution in [0.4, 0.5) is 5.69 Å². The Balaban J connectivity index is 1.88. The van der Waals surface area contributed by atoms with Crippen molar-refractivity contribution in [2.24, 2.45) is 0 Å². The van der Waals surface area contributed by atoms with E-state index >= 15 is 0 Å². The second-order valence-electron chi connectivity index (χ2n) is 8.57. The summed E-state index contributed by atoms with van der Waals surface area (Å²) in [4.78, 5) is 27.9. The maximum atomic E-state index is 13.5. The Labute approximate surface area is 211 Å². The Hall–Kier alpha value is -2.29. The van der Waals surface area contributed by atoms with Gasteiger partial charge in [0, 0.05) is 22.6 Å². The van der Waals surface area contributed by atoms with Crippen LogP contribution in [0, 0.1) is 0 Å². The zero-order valence-corrected chi connectivity index (χ0v) is 21.5. The van der Waals surface area contributed by atoms with E-state index in [4.69, 9.17) is 23.2 Å². The van der Waals surface area contributed by atoms with E-state index in [0.717, 1.165) is 41.8 Å². The van der Waals surface area contributed by atoms with Crippen LogP contribution in [0.1, 0.15) is 38.2 Å². The first kappa shape index (κ1) is 26.3. The second kappa shape index (κ2) is 11.4. The number of rotatable bonds is 9. The number of carbonyl (C=O) groups is 2. The van der Waals surface area contributed by atoms with Gasteiger partial charge in [0.15, 0.2) is 0 Å². The zero-order valence-electron chi connectivity index (χ0n) is 19.2. The van der Waals surface area contributed by atoms with E-state index in [-0.39, 0.29) is 34.2 Å². The van der Waals surface area contributed by atoms with Crippen LogP contribution >= 0.6 is 23.2 Å². The number of amides is 2. The predicted octanol–water partition coefficient (Wildman–Crippen LogP) is 4.24. The van der Waals surface area contributed by atoms with Crippen LogP contribution < -0.4 is 9.62 Å². The number of nitrogens with one attached hydrogen (secondary N) is 1. The van der Waals surface area contributed by atoms with E-state index in [0.29, 0.717) is 0 Å². The number of sulfonamides is 1. The molecule has 1 saturated carbocycles. The Morgan fingerprint density at radius 2 is 1.65 bits per heavy atom. The summed E-state index contributed by atoms with van der Waals surface area (Å²) in [6.45, 7) is 1.32. The first-order chi connectivity index (χ1) is 16.0. The fraction of sp³-hybridized carbons (Fsp3) is 0.417. The largest absolute Gasteiger partial charge is 0.352 e.